The van der Waals surface area contributed by atoms with Crippen molar-refractivity contribution < 1.29 is 26.3 Å². The molecule has 4 heterocycles. The topological polar surface area (TPSA) is 25.8 Å². The Labute approximate surface area is 250 Å². The Kier molecular flexibility index (Phi) is 6.13. The van der Waals surface area contributed by atoms with Crippen LogP contribution in [0.3, 0.4) is 0 Å². The number of halogens is 6. The highest BCUT2D eigenvalue weighted by atomic mass is 32.1. The van der Waals surface area contributed by atoms with Gasteiger partial charge in [-0.3, -0.25) is 9.97 Å². The van der Waals surface area contributed by atoms with Gasteiger partial charge in [0.15, 0.2) is 0 Å². The summed E-state index contributed by atoms with van der Waals surface area (Å²) in [5.41, 5.74) is -0.0189. The molecule has 0 unspecified atom stereocenters. The molecule has 6 aromatic rings. The zero-order valence-electron chi connectivity index (χ0n) is 22.6. The molecule has 7 rings (SSSR count). The zero-order chi connectivity index (χ0) is 30.3. The molecule has 0 atom stereocenters. The van der Waals surface area contributed by atoms with Crippen LogP contribution in [0.15, 0.2) is 85.5 Å². The third kappa shape index (κ3) is 3.92. The third-order valence-electron chi connectivity index (χ3n) is 7.93. The highest BCUT2D eigenvalue weighted by Gasteiger charge is 2.80. The Morgan fingerprint density at radius 2 is 0.884 bits per heavy atom. The van der Waals surface area contributed by atoms with Gasteiger partial charge in [-0.05, 0) is 72.5 Å². The summed E-state index contributed by atoms with van der Waals surface area (Å²) in [6.07, 6.45) is 6.44. The predicted molar refractivity (Wildman–Crippen MR) is 161 cm³/mol. The van der Waals surface area contributed by atoms with Crippen LogP contribution in [-0.4, -0.2) is 27.7 Å². The molecular formula is C33H20F6N2S2. The van der Waals surface area contributed by atoms with Gasteiger partial charge in [-0.2, -0.15) is 26.3 Å². The number of allylic oxidation sites excluding steroid dienone is 2. The zero-order valence-corrected chi connectivity index (χ0v) is 24.2. The molecule has 0 bridgehead atoms. The van der Waals surface area contributed by atoms with Gasteiger partial charge in [-0.15, -0.1) is 22.7 Å². The van der Waals surface area contributed by atoms with Crippen LogP contribution in [-0.2, 0) is 0 Å². The van der Waals surface area contributed by atoms with E-state index in [9.17, 15) is 0 Å². The second kappa shape index (κ2) is 9.49. The van der Waals surface area contributed by atoms with E-state index in [1.807, 2.05) is 0 Å². The number of thiophene rings is 2. The van der Waals surface area contributed by atoms with Crippen molar-refractivity contribution >= 4 is 54.0 Å². The summed E-state index contributed by atoms with van der Waals surface area (Å²) in [4.78, 5) is 8.50. The molecule has 216 valence electrons. The maximum absolute atomic E-state index is 15.9. The first-order valence-corrected chi connectivity index (χ1v) is 14.8. The van der Waals surface area contributed by atoms with Crippen LogP contribution in [0.2, 0.25) is 0 Å². The number of alkyl halides is 6. The average molecular weight is 623 g/mol. The molecular weight excluding hydrogens is 602 g/mol. The van der Waals surface area contributed by atoms with E-state index in [0.29, 0.717) is 9.40 Å². The van der Waals surface area contributed by atoms with Crippen LogP contribution in [0, 0.1) is 13.8 Å². The minimum atomic E-state index is -5.64. The van der Waals surface area contributed by atoms with E-state index in [2.05, 4.69) is 9.97 Å². The highest BCUT2D eigenvalue weighted by Crippen LogP contribution is 2.67. The van der Waals surface area contributed by atoms with E-state index < -0.39 is 28.9 Å². The number of fused-ring (bicyclic) bond motifs is 2. The van der Waals surface area contributed by atoms with Crippen molar-refractivity contribution in [2.24, 2.45) is 0 Å². The number of hydrogen-bond acceptors (Lipinski definition) is 4. The summed E-state index contributed by atoms with van der Waals surface area (Å²) in [5, 5.41) is 0.441. The summed E-state index contributed by atoms with van der Waals surface area (Å²) in [5.74, 6) is -15.9. The SMILES string of the molecule is Cc1sc2cc(-c3ccncc3)ccc2c1C1=C(c2c(C)sc3cc(-c4ccncc4)ccc23)C(F)(F)C(F)(F)C1(F)F. The van der Waals surface area contributed by atoms with Gasteiger partial charge in [0.25, 0.3) is 0 Å². The molecule has 43 heavy (non-hydrogen) atoms. The van der Waals surface area contributed by atoms with Crippen molar-refractivity contribution in [3.8, 4) is 22.3 Å². The fourth-order valence-electron chi connectivity index (χ4n) is 5.90. The van der Waals surface area contributed by atoms with Crippen molar-refractivity contribution in [3.63, 3.8) is 0 Å². The van der Waals surface area contributed by atoms with Gasteiger partial charge in [0.05, 0.1) is 0 Å². The van der Waals surface area contributed by atoms with Crippen molar-refractivity contribution in [1.82, 2.24) is 9.97 Å². The van der Waals surface area contributed by atoms with Crippen molar-refractivity contribution in [3.05, 3.63) is 106 Å². The summed E-state index contributed by atoms with van der Waals surface area (Å²) >= 11 is 2.21. The average Bonchev–Trinajstić information content (AvgIpc) is 3.52. The Hall–Kier alpha value is -4.02. The first kappa shape index (κ1) is 27.8. The van der Waals surface area contributed by atoms with Gasteiger partial charge in [0.2, 0.25) is 0 Å². The van der Waals surface area contributed by atoms with Crippen LogP contribution in [0.1, 0.15) is 20.9 Å². The number of rotatable bonds is 4. The monoisotopic (exact) mass is 622 g/mol. The lowest BCUT2D eigenvalue weighted by atomic mass is 9.91. The largest absolute Gasteiger partial charge is 0.380 e. The molecule has 0 radical (unpaired) electrons. The quantitative estimate of drug-likeness (QED) is 0.183. The van der Waals surface area contributed by atoms with Gasteiger partial charge in [-0.1, -0.05) is 24.3 Å². The highest BCUT2D eigenvalue weighted by molar-refractivity contribution is 7.19. The van der Waals surface area contributed by atoms with E-state index in [-0.39, 0.29) is 31.7 Å². The number of pyridine rings is 2. The number of nitrogens with zero attached hydrogens (tertiary/aromatic N) is 2. The molecule has 0 amide bonds. The second-order valence-electron chi connectivity index (χ2n) is 10.4. The number of aryl methyl sites for hydroxylation is 2. The van der Waals surface area contributed by atoms with E-state index in [1.165, 1.54) is 13.8 Å². The number of hydrogen-bond donors (Lipinski definition) is 0. The minimum Gasteiger partial charge on any atom is -0.265 e. The molecule has 2 aromatic carbocycles. The number of benzene rings is 2. The van der Waals surface area contributed by atoms with Crippen LogP contribution in [0.25, 0.3) is 53.6 Å². The fraction of sp³-hybridized carbons (Fsp3) is 0.152. The summed E-state index contributed by atoms with van der Waals surface area (Å²) in [6.45, 7) is 3.00. The molecule has 0 aliphatic heterocycles. The van der Waals surface area contributed by atoms with Crippen LogP contribution in [0.5, 0.6) is 0 Å². The van der Waals surface area contributed by atoms with E-state index in [4.69, 9.17) is 0 Å². The first-order valence-electron chi connectivity index (χ1n) is 13.2. The normalized spacial score (nSPS) is 17.3. The molecule has 0 spiro atoms. The molecule has 0 saturated heterocycles. The van der Waals surface area contributed by atoms with Gasteiger partial charge in [0, 0.05) is 77.0 Å². The maximum Gasteiger partial charge on any atom is 0.380 e. The standard InChI is InChI=1S/C33H20F6N2S2/c1-17-27(23-5-3-21(15-25(23)42-17)19-7-11-40-12-8-19)29-30(32(36,37)33(38,39)31(29,34)35)28-18(2)43-26-16-22(4-6-24(26)28)20-9-13-41-14-10-20/h3-16H,1-2H3. The van der Waals surface area contributed by atoms with E-state index >= 15 is 26.3 Å². The first-order chi connectivity index (χ1) is 20.4. The Morgan fingerprint density at radius 3 is 1.26 bits per heavy atom. The molecule has 4 aromatic heterocycles. The lowest BCUT2D eigenvalue weighted by Crippen LogP contribution is -2.48. The lowest BCUT2D eigenvalue weighted by molar-refractivity contribution is -0.254. The summed E-state index contributed by atoms with van der Waals surface area (Å²) in [7, 11) is 0. The second-order valence-corrected chi connectivity index (χ2v) is 12.9. The van der Waals surface area contributed by atoms with Gasteiger partial charge < -0.3 is 0 Å². The van der Waals surface area contributed by atoms with Gasteiger partial charge >= 0.3 is 17.8 Å². The van der Waals surface area contributed by atoms with Gasteiger partial charge in [0.1, 0.15) is 0 Å². The molecule has 1 aliphatic rings. The fourth-order valence-corrected chi connectivity index (χ4v) is 8.12. The Bertz CT molecular complexity index is 1930. The Balaban J connectivity index is 1.51. The van der Waals surface area contributed by atoms with Gasteiger partial charge in [-0.25, -0.2) is 0 Å². The smallest absolute Gasteiger partial charge is 0.265 e. The minimum absolute atomic E-state index is 0.221. The maximum atomic E-state index is 15.9. The third-order valence-corrected chi connectivity index (χ3v) is 10.1. The lowest BCUT2D eigenvalue weighted by Gasteiger charge is -2.26. The summed E-state index contributed by atoms with van der Waals surface area (Å²) in [6, 6.07) is 17.0. The molecule has 1 aliphatic carbocycles. The molecule has 0 fully saturated rings. The molecule has 10 heteroatoms. The molecule has 2 nitrogen and oxygen atoms in total. The van der Waals surface area contributed by atoms with E-state index in [1.54, 1.807) is 85.5 Å². The van der Waals surface area contributed by atoms with Crippen LogP contribution in [0.4, 0.5) is 26.3 Å². The predicted octanol–water partition coefficient (Wildman–Crippen LogP) is 10.7. The number of aromatic nitrogens is 2. The van der Waals surface area contributed by atoms with Crippen molar-refractivity contribution in [1.29, 1.82) is 0 Å². The van der Waals surface area contributed by atoms with Crippen LogP contribution >= 0.6 is 22.7 Å². The van der Waals surface area contributed by atoms with E-state index in [0.717, 1.165) is 44.9 Å². The van der Waals surface area contributed by atoms with Crippen molar-refractivity contribution in [2.75, 3.05) is 0 Å². The Morgan fingerprint density at radius 1 is 0.512 bits per heavy atom. The van der Waals surface area contributed by atoms with Crippen molar-refractivity contribution in [2.45, 2.75) is 31.6 Å². The summed E-state index contributed by atoms with van der Waals surface area (Å²) < 4.78 is 95.1. The molecule has 0 N–H and O–H groups in total. The van der Waals surface area contributed by atoms with Crippen LogP contribution < -0.4 is 0 Å². The molecule has 0 saturated carbocycles.